The molecule has 0 radical (unpaired) electrons. The van der Waals surface area contributed by atoms with E-state index in [9.17, 15) is 0 Å². The largest absolute Gasteiger partial charge is 0.493 e. The van der Waals surface area contributed by atoms with Gasteiger partial charge >= 0.3 is 0 Å². The van der Waals surface area contributed by atoms with E-state index < -0.39 is 0 Å². The van der Waals surface area contributed by atoms with Gasteiger partial charge < -0.3 is 4.74 Å². The Balaban J connectivity index is 2.03. The van der Waals surface area contributed by atoms with Crippen molar-refractivity contribution in [1.82, 2.24) is 15.0 Å². The summed E-state index contributed by atoms with van der Waals surface area (Å²) in [7, 11) is 0. The summed E-state index contributed by atoms with van der Waals surface area (Å²) in [6.07, 6.45) is 0. The summed E-state index contributed by atoms with van der Waals surface area (Å²) in [6, 6.07) is 12.5. The van der Waals surface area contributed by atoms with Gasteiger partial charge in [-0.2, -0.15) is 0 Å². The Morgan fingerprint density at radius 2 is 1.83 bits per heavy atom. The molecule has 0 unspecified atom stereocenters. The second-order valence-corrected chi connectivity index (χ2v) is 7.08. The van der Waals surface area contributed by atoms with Gasteiger partial charge in [0.15, 0.2) is 0 Å². The molecule has 0 saturated heterocycles. The molecule has 0 fully saturated rings. The monoisotopic (exact) mass is 323 g/mol. The smallest absolute Gasteiger partial charge is 0.122 e. The zero-order valence-electron chi connectivity index (χ0n) is 15.1. The van der Waals surface area contributed by atoms with Crippen LogP contribution in [-0.2, 0) is 0 Å². The van der Waals surface area contributed by atoms with Crippen molar-refractivity contribution in [3.8, 4) is 11.4 Å². The van der Waals surface area contributed by atoms with Gasteiger partial charge in [0.05, 0.1) is 17.8 Å². The normalized spacial score (nSPS) is 11.6. The van der Waals surface area contributed by atoms with E-state index in [1.54, 1.807) is 0 Å². The molecule has 2 aromatic carbocycles. The first-order chi connectivity index (χ1) is 11.5. The molecule has 0 aliphatic rings. The molecule has 24 heavy (non-hydrogen) atoms. The maximum absolute atomic E-state index is 5.99. The highest BCUT2D eigenvalue weighted by atomic mass is 16.5. The fraction of sp³-hybridized carbons (Fsp3) is 0.400. The summed E-state index contributed by atoms with van der Waals surface area (Å²) in [4.78, 5) is 0. The van der Waals surface area contributed by atoms with Gasteiger partial charge in [-0.05, 0) is 60.2 Å². The van der Waals surface area contributed by atoms with Crippen molar-refractivity contribution in [1.29, 1.82) is 0 Å². The molecule has 0 atom stereocenters. The van der Waals surface area contributed by atoms with Crippen LogP contribution >= 0.6 is 0 Å². The first kappa shape index (κ1) is 16.5. The molecule has 0 aliphatic carbocycles. The SMILES string of the molecule is Cc1ccc2c(c1)nnn2-c1ccc(OCC(C)C)c(C(C)C)c1. The van der Waals surface area contributed by atoms with E-state index in [1.807, 2.05) is 4.68 Å². The van der Waals surface area contributed by atoms with Gasteiger partial charge in [-0.15, -0.1) is 5.10 Å². The third-order valence-corrected chi connectivity index (χ3v) is 4.03. The molecule has 1 heterocycles. The third kappa shape index (κ3) is 3.28. The molecular formula is C20H25N3O. The molecule has 4 heteroatoms. The molecule has 3 rings (SSSR count). The Bertz CT molecular complexity index is 849. The van der Waals surface area contributed by atoms with Gasteiger partial charge in [0.1, 0.15) is 11.3 Å². The molecule has 0 bridgehead atoms. The van der Waals surface area contributed by atoms with Gasteiger partial charge in [-0.1, -0.05) is 39.0 Å². The molecular weight excluding hydrogens is 298 g/mol. The van der Waals surface area contributed by atoms with E-state index in [2.05, 4.69) is 81.3 Å². The number of benzene rings is 2. The quantitative estimate of drug-likeness (QED) is 0.671. The Hall–Kier alpha value is -2.36. The summed E-state index contributed by atoms with van der Waals surface area (Å²) in [6.45, 7) is 11.5. The molecule has 0 aliphatic heterocycles. The number of aryl methyl sites for hydroxylation is 1. The van der Waals surface area contributed by atoms with Crippen molar-refractivity contribution < 1.29 is 4.74 Å². The lowest BCUT2D eigenvalue weighted by Crippen LogP contribution is -2.07. The molecule has 3 aromatic rings. The standard InChI is InChI=1S/C20H25N3O/c1-13(2)12-24-20-9-7-16(11-17(20)14(3)4)23-19-8-6-15(5)10-18(19)21-22-23/h6-11,13-14H,12H2,1-5H3. The van der Waals surface area contributed by atoms with Crippen LogP contribution in [0.2, 0.25) is 0 Å². The number of ether oxygens (including phenoxy) is 1. The van der Waals surface area contributed by atoms with Crippen LogP contribution in [0.3, 0.4) is 0 Å². The molecule has 0 N–H and O–H groups in total. The van der Waals surface area contributed by atoms with E-state index in [0.29, 0.717) is 11.8 Å². The van der Waals surface area contributed by atoms with E-state index >= 15 is 0 Å². The van der Waals surface area contributed by atoms with Crippen molar-refractivity contribution in [2.75, 3.05) is 6.61 Å². The van der Waals surface area contributed by atoms with Crippen molar-refractivity contribution in [3.05, 3.63) is 47.5 Å². The molecule has 4 nitrogen and oxygen atoms in total. The molecule has 0 amide bonds. The Labute approximate surface area is 143 Å². The second-order valence-electron chi connectivity index (χ2n) is 7.08. The summed E-state index contributed by atoms with van der Waals surface area (Å²) in [5.74, 6) is 1.85. The predicted octanol–water partition coefficient (Wildman–Crippen LogP) is 4.89. The van der Waals surface area contributed by atoms with Gasteiger partial charge in [0.25, 0.3) is 0 Å². The van der Waals surface area contributed by atoms with E-state index in [4.69, 9.17) is 4.74 Å². The van der Waals surface area contributed by atoms with Crippen LogP contribution in [-0.4, -0.2) is 21.6 Å². The maximum Gasteiger partial charge on any atom is 0.122 e. The number of hydrogen-bond acceptors (Lipinski definition) is 3. The first-order valence-electron chi connectivity index (χ1n) is 8.55. The fourth-order valence-electron chi connectivity index (χ4n) is 2.73. The Morgan fingerprint density at radius 1 is 1.04 bits per heavy atom. The van der Waals surface area contributed by atoms with Crippen LogP contribution < -0.4 is 4.74 Å². The van der Waals surface area contributed by atoms with Crippen molar-refractivity contribution >= 4 is 11.0 Å². The van der Waals surface area contributed by atoms with Crippen molar-refractivity contribution in [2.45, 2.75) is 40.5 Å². The Kier molecular flexibility index (Phi) is 4.56. The lowest BCUT2D eigenvalue weighted by Gasteiger charge is -2.17. The number of fused-ring (bicyclic) bond motifs is 1. The van der Waals surface area contributed by atoms with Crippen molar-refractivity contribution in [2.24, 2.45) is 5.92 Å². The maximum atomic E-state index is 5.99. The average molecular weight is 323 g/mol. The van der Waals surface area contributed by atoms with Crippen LogP contribution in [0, 0.1) is 12.8 Å². The van der Waals surface area contributed by atoms with Crippen LogP contribution in [0.5, 0.6) is 5.75 Å². The molecule has 0 saturated carbocycles. The number of hydrogen-bond donors (Lipinski definition) is 0. The van der Waals surface area contributed by atoms with E-state index in [1.165, 1.54) is 11.1 Å². The van der Waals surface area contributed by atoms with Gasteiger partial charge in [-0.3, -0.25) is 0 Å². The van der Waals surface area contributed by atoms with Crippen molar-refractivity contribution in [3.63, 3.8) is 0 Å². The topological polar surface area (TPSA) is 39.9 Å². The Morgan fingerprint density at radius 3 is 2.54 bits per heavy atom. The highest BCUT2D eigenvalue weighted by Gasteiger charge is 2.13. The van der Waals surface area contributed by atoms with Crippen LogP contribution in [0.25, 0.3) is 16.7 Å². The van der Waals surface area contributed by atoms with Gasteiger partial charge in [-0.25, -0.2) is 4.68 Å². The van der Waals surface area contributed by atoms with E-state index in [0.717, 1.165) is 29.1 Å². The van der Waals surface area contributed by atoms with Crippen LogP contribution in [0.15, 0.2) is 36.4 Å². The number of aromatic nitrogens is 3. The minimum atomic E-state index is 0.379. The van der Waals surface area contributed by atoms with Gasteiger partial charge in [0.2, 0.25) is 0 Å². The summed E-state index contributed by atoms with van der Waals surface area (Å²) >= 11 is 0. The first-order valence-corrected chi connectivity index (χ1v) is 8.55. The molecule has 1 aromatic heterocycles. The minimum Gasteiger partial charge on any atom is -0.493 e. The number of nitrogens with zero attached hydrogens (tertiary/aromatic N) is 3. The molecule has 0 spiro atoms. The third-order valence-electron chi connectivity index (χ3n) is 4.03. The minimum absolute atomic E-state index is 0.379. The summed E-state index contributed by atoms with van der Waals surface area (Å²) in [5.41, 5.74) is 5.34. The average Bonchev–Trinajstić information content (AvgIpc) is 2.95. The van der Waals surface area contributed by atoms with Crippen LogP contribution in [0.4, 0.5) is 0 Å². The summed E-state index contributed by atoms with van der Waals surface area (Å²) < 4.78 is 7.89. The predicted molar refractivity (Wildman–Crippen MR) is 98.0 cm³/mol. The highest BCUT2D eigenvalue weighted by Crippen LogP contribution is 2.30. The lowest BCUT2D eigenvalue weighted by atomic mass is 10.0. The number of rotatable bonds is 5. The zero-order valence-corrected chi connectivity index (χ0v) is 15.1. The summed E-state index contributed by atoms with van der Waals surface area (Å²) in [5, 5.41) is 8.63. The fourth-order valence-corrected chi connectivity index (χ4v) is 2.73. The lowest BCUT2D eigenvalue weighted by molar-refractivity contribution is 0.267. The molecule has 126 valence electrons. The highest BCUT2D eigenvalue weighted by molar-refractivity contribution is 5.77. The van der Waals surface area contributed by atoms with Crippen LogP contribution in [0.1, 0.15) is 44.7 Å². The van der Waals surface area contributed by atoms with Gasteiger partial charge in [0, 0.05) is 0 Å². The van der Waals surface area contributed by atoms with E-state index in [-0.39, 0.29) is 0 Å². The zero-order chi connectivity index (χ0) is 17.3. The second kappa shape index (κ2) is 6.63.